The lowest BCUT2D eigenvalue weighted by Gasteiger charge is -2.23. The van der Waals surface area contributed by atoms with E-state index in [-0.39, 0.29) is 6.10 Å². The van der Waals surface area contributed by atoms with Gasteiger partial charge < -0.3 is 14.8 Å². The lowest BCUT2D eigenvalue weighted by Crippen LogP contribution is -2.25. The third-order valence-electron chi connectivity index (χ3n) is 3.69. The quantitative estimate of drug-likeness (QED) is 0.890. The lowest BCUT2D eigenvalue weighted by atomic mass is 10.1. The molecule has 0 amide bonds. The Morgan fingerprint density at radius 1 is 1.16 bits per heavy atom. The van der Waals surface area contributed by atoms with Crippen LogP contribution < -0.4 is 5.32 Å². The van der Waals surface area contributed by atoms with Gasteiger partial charge in [-0.05, 0) is 26.7 Å². The number of nitrogens with zero attached hydrogens (tertiary/aromatic N) is 2. The van der Waals surface area contributed by atoms with Gasteiger partial charge in [-0.3, -0.25) is 0 Å². The molecular formula is C14H21N3O2. The van der Waals surface area contributed by atoms with E-state index in [0.29, 0.717) is 25.9 Å². The average Bonchev–Trinajstić information content (AvgIpc) is 3.23. The molecule has 1 atom stereocenters. The van der Waals surface area contributed by atoms with Crippen LogP contribution in [0, 0.1) is 13.8 Å². The summed E-state index contributed by atoms with van der Waals surface area (Å²) in [6, 6.07) is 0.702. The van der Waals surface area contributed by atoms with Gasteiger partial charge in [0.1, 0.15) is 6.10 Å². The molecule has 104 valence electrons. The first-order valence-electron chi connectivity index (χ1n) is 7.01. The summed E-state index contributed by atoms with van der Waals surface area (Å²) >= 11 is 0. The summed E-state index contributed by atoms with van der Waals surface area (Å²) in [5, 5.41) is 3.52. The third kappa shape index (κ3) is 3.11. The molecule has 1 unspecified atom stereocenters. The summed E-state index contributed by atoms with van der Waals surface area (Å²) in [4.78, 5) is 9.20. The van der Waals surface area contributed by atoms with E-state index in [1.807, 2.05) is 13.8 Å². The SMILES string of the molecule is Cc1nc(C2COCCO2)nc(C)c1CNC1CC1. The van der Waals surface area contributed by atoms with Gasteiger partial charge in [0.15, 0.2) is 5.82 Å². The van der Waals surface area contributed by atoms with Crippen molar-refractivity contribution in [2.75, 3.05) is 19.8 Å². The Morgan fingerprint density at radius 2 is 1.89 bits per heavy atom. The monoisotopic (exact) mass is 263 g/mol. The molecule has 2 aliphatic rings. The van der Waals surface area contributed by atoms with Gasteiger partial charge in [0, 0.05) is 29.5 Å². The van der Waals surface area contributed by atoms with Crippen LogP contribution in [0.4, 0.5) is 0 Å². The standard InChI is InChI=1S/C14H21N3O2/c1-9-12(7-15-11-3-4-11)10(2)17-14(16-9)13-8-18-5-6-19-13/h11,13,15H,3-8H2,1-2H3. The highest BCUT2D eigenvalue weighted by atomic mass is 16.6. The average molecular weight is 263 g/mol. The molecule has 0 radical (unpaired) electrons. The van der Waals surface area contributed by atoms with E-state index in [4.69, 9.17) is 9.47 Å². The van der Waals surface area contributed by atoms with Crippen LogP contribution in [0.1, 0.15) is 41.7 Å². The van der Waals surface area contributed by atoms with Crippen LogP contribution in [0.3, 0.4) is 0 Å². The maximum Gasteiger partial charge on any atom is 0.160 e. The maximum absolute atomic E-state index is 5.66. The summed E-state index contributed by atoms with van der Waals surface area (Å²) in [5.74, 6) is 0.755. The molecule has 0 bridgehead atoms. The van der Waals surface area contributed by atoms with Crippen LogP contribution in [0.2, 0.25) is 0 Å². The van der Waals surface area contributed by atoms with Gasteiger partial charge in [-0.1, -0.05) is 0 Å². The first-order chi connectivity index (χ1) is 9.24. The van der Waals surface area contributed by atoms with Gasteiger partial charge in [0.05, 0.1) is 19.8 Å². The number of ether oxygens (including phenoxy) is 2. The Bertz CT molecular complexity index is 431. The summed E-state index contributed by atoms with van der Waals surface area (Å²) < 4.78 is 11.1. The summed E-state index contributed by atoms with van der Waals surface area (Å²) in [6.07, 6.45) is 2.48. The van der Waals surface area contributed by atoms with Gasteiger partial charge in [0.25, 0.3) is 0 Å². The molecule has 3 rings (SSSR count). The maximum atomic E-state index is 5.66. The highest BCUT2D eigenvalue weighted by Crippen LogP contribution is 2.22. The van der Waals surface area contributed by atoms with E-state index in [1.165, 1.54) is 18.4 Å². The molecule has 1 aromatic heterocycles. The minimum Gasteiger partial charge on any atom is -0.376 e. The van der Waals surface area contributed by atoms with Gasteiger partial charge in [-0.2, -0.15) is 0 Å². The molecule has 1 N–H and O–H groups in total. The Balaban J connectivity index is 1.75. The van der Waals surface area contributed by atoms with Crippen LogP contribution in [-0.4, -0.2) is 35.8 Å². The summed E-state index contributed by atoms with van der Waals surface area (Å²) in [5.41, 5.74) is 3.31. The van der Waals surface area contributed by atoms with E-state index >= 15 is 0 Å². The molecule has 0 aromatic carbocycles. The molecule has 1 saturated carbocycles. The summed E-state index contributed by atoms with van der Waals surface area (Å²) in [7, 11) is 0. The van der Waals surface area contributed by atoms with Crippen LogP contribution in [0.15, 0.2) is 0 Å². The second kappa shape index (κ2) is 5.53. The molecule has 5 nitrogen and oxygen atoms in total. The van der Waals surface area contributed by atoms with Gasteiger partial charge >= 0.3 is 0 Å². The number of hydrogen-bond donors (Lipinski definition) is 1. The molecule has 1 aromatic rings. The van der Waals surface area contributed by atoms with E-state index in [2.05, 4.69) is 15.3 Å². The molecule has 2 fully saturated rings. The Hall–Kier alpha value is -1.04. The summed E-state index contributed by atoms with van der Waals surface area (Å²) in [6.45, 7) is 6.80. The zero-order valence-electron chi connectivity index (χ0n) is 11.6. The first-order valence-corrected chi connectivity index (χ1v) is 7.01. The normalized spacial score (nSPS) is 23.6. The fraction of sp³-hybridized carbons (Fsp3) is 0.714. The minimum absolute atomic E-state index is 0.114. The second-order valence-electron chi connectivity index (χ2n) is 5.32. The van der Waals surface area contributed by atoms with Crippen molar-refractivity contribution < 1.29 is 9.47 Å². The Morgan fingerprint density at radius 3 is 2.47 bits per heavy atom. The van der Waals surface area contributed by atoms with Crippen LogP contribution in [0.25, 0.3) is 0 Å². The van der Waals surface area contributed by atoms with Crippen molar-refractivity contribution in [1.82, 2.24) is 15.3 Å². The molecule has 5 heteroatoms. The van der Waals surface area contributed by atoms with E-state index in [9.17, 15) is 0 Å². The highest BCUT2D eigenvalue weighted by molar-refractivity contribution is 5.25. The van der Waals surface area contributed by atoms with Crippen molar-refractivity contribution >= 4 is 0 Å². The topological polar surface area (TPSA) is 56.3 Å². The van der Waals surface area contributed by atoms with Gasteiger partial charge in [0.2, 0.25) is 0 Å². The van der Waals surface area contributed by atoms with Crippen molar-refractivity contribution in [2.24, 2.45) is 0 Å². The predicted octanol–water partition coefficient (Wildman–Crippen LogP) is 1.43. The molecular weight excluding hydrogens is 242 g/mol. The highest BCUT2D eigenvalue weighted by Gasteiger charge is 2.23. The fourth-order valence-corrected chi connectivity index (χ4v) is 2.34. The molecule has 1 aliphatic carbocycles. The van der Waals surface area contributed by atoms with Crippen LogP contribution in [0.5, 0.6) is 0 Å². The van der Waals surface area contributed by atoms with Crippen LogP contribution >= 0.6 is 0 Å². The Labute approximate surface area is 113 Å². The van der Waals surface area contributed by atoms with E-state index < -0.39 is 0 Å². The Kier molecular flexibility index (Phi) is 3.77. The smallest absolute Gasteiger partial charge is 0.160 e. The predicted molar refractivity (Wildman–Crippen MR) is 70.9 cm³/mol. The minimum atomic E-state index is -0.114. The molecule has 1 aliphatic heterocycles. The van der Waals surface area contributed by atoms with Crippen molar-refractivity contribution in [3.63, 3.8) is 0 Å². The fourth-order valence-electron chi connectivity index (χ4n) is 2.34. The van der Waals surface area contributed by atoms with Crippen molar-refractivity contribution in [3.8, 4) is 0 Å². The zero-order valence-corrected chi connectivity index (χ0v) is 11.6. The molecule has 2 heterocycles. The largest absolute Gasteiger partial charge is 0.376 e. The second-order valence-corrected chi connectivity index (χ2v) is 5.32. The first kappa shape index (κ1) is 13.0. The van der Waals surface area contributed by atoms with Crippen molar-refractivity contribution in [1.29, 1.82) is 0 Å². The van der Waals surface area contributed by atoms with Crippen molar-refractivity contribution in [3.05, 3.63) is 22.8 Å². The number of rotatable bonds is 4. The molecule has 19 heavy (non-hydrogen) atoms. The van der Waals surface area contributed by atoms with Crippen LogP contribution in [-0.2, 0) is 16.0 Å². The van der Waals surface area contributed by atoms with E-state index in [1.54, 1.807) is 0 Å². The zero-order chi connectivity index (χ0) is 13.2. The van der Waals surface area contributed by atoms with E-state index in [0.717, 1.165) is 23.8 Å². The number of aromatic nitrogens is 2. The van der Waals surface area contributed by atoms with Crippen molar-refractivity contribution in [2.45, 2.75) is 45.4 Å². The lowest BCUT2D eigenvalue weighted by molar-refractivity contribution is -0.0936. The molecule has 0 spiro atoms. The number of nitrogens with one attached hydrogen (secondary N) is 1. The van der Waals surface area contributed by atoms with Gasteiger partial charge in [-0.25, -0.2) is 9.97 Å². The number of hydrogen-bond acceptors (Lipinski definition) is 5. The number of aryl methyl sites for hydroxylation is 2. The third-order valence-corrected chi connectivity index (χ3v) is 3.69. The molecule has 1 saturated heterocycles. The van der Waals surface area contributed by atoms with Gasteiger partial charge in [-0.15, -0.1) is 0 Å².